The zero-order chi connectivity index (χ0) is 18.5. The second-order valence-corrected chi connectivity index (χ2v) is 5.86. The standard InChI is InChI=1S/C20H17N3O4/c24-20(21-9-8-14-6-7-17-18(10-14)26-13-25-17)27-16-11-22-19(23-12-16)15-4-2-1-3-5-15/h1-7,10-12H,8-9,13H2,(H,21,24). The fraction of sp³-hybridized carbons (Fsp3) is 0.150. The Hall–Kier alpha value is -3.61. The van der Waals surface area contributed by atoms with Crippen LogP contribution in [0.1, 0.15) is 5.56 Å². The second-order valence-electron chi connectivity index (χ2n) is 5.86. The predicted molar refractivity (Wildman–Crippen MR) is 97.8 cm³/mol. The Morgan fingerprint density at radius 1 is 1.04 bits per heavy atom. The van der Waals surface area contributed by atoms with Crippen molar-refractivity contribution in [2.45, 2.75) is 6.42 Å². The number of nitrogens with zero attached hydrogens (tertiary/aromatic N) is 2. The van der Waals surface area contributed by atoms with E-state index in [1.54, 1.807) is 0 Å². The highest BCUT2D eigenvalue weighted by atomic mass is 16.7. The average molecular weight is 363 g/mol. The number of hydrogen-bond acceptors (Lipinski definition) is 6. The van der Waals surface area contributed by atoms with Gasteiger partial charge in [-0.15, -0.1) is 0 Å². The highest BCUT2D eigenvalue weighted by Gasteiger charge is 2.13. The highest BCUT2D eigenvalue weighted by Crippen LogP contribution is 2.32. The summed E-state index contributed by atoms with van der Waals surface area (Å²) in [5.41, 5.74) is 1.94. The Balaban J connectivity index is 1.27. The van der Waals surface area contributed by atoms with Gasteiger partial charge < -0.3 is 19.5 Å². The topological polar surface area (TPSA) is 82.6 Å². The molecule has 0 unspecified atom stereocenters. The van der Waals surface area contributed by atoms with Crippen LogP contribution < -0.4 is 19.5 Å². The minimum absolute atomic E-state index is 0.245. The third-order valence-corrected chi connectivity index (χ3v) is 3.99. The molecule has 2 aromatic carbocycles. The molecule has 0 aliphatic carbocycles. The molecule has 0 spiro atoms. The van der Waals surface area contributed by atoms with Gasteiger partial charge >= 0.3 is 6.09 Å². The zero-order valence-electron chi connectivity index (χ0n) is 14.4. The normalized spacial score (nSPS) is 11.9. The summed E-state index contributed by atoms with van der Waals surface area (Å²) in [5, 5.41) is 2.70. The lowest BCUT2D eigenvalue weighted by molar-refractivity contribution is 0.174. The summed E-state index contributed by atoms with van der Waals surface area (Å²) in [6.07, 6.45) is 3.06. The van der Waals surface area contributed by atoms with E-state index in [-0.39, 0.29) is 12.5 Å². The van der Waals surface area contributed by atoms with E-state index in [0.717, 1.165) is 22.6 Å². The van der Waals surface area contributed by atoms with Gasteiger partial charge in [-0.3, -0.25) is 0 Å². The molecule has 0 saturated carbocycles. The van der Waals surface area contributed by atoms with E-state index >= 15 is 0 Å². The van der Waals surface area contributed by atoms with Crippen molar-refractivity contribution in [1.82, 2.24) is 15.3 Å². The molecule has 0 saturated heterocycles. The van der Waals surface area contributed by atoms with Crippen LogP contribution in [-0.2, 0) is 6.42 Å². The molecule has 27 heavy (non-hydrogen) atoms. The van der Waals surface area contributed by atoms with Crippen molar-refractivity contribution in [2.75, 3.05) is 13.3 Å². The molecule has 3 aromatic rings. The van der Waals surface area contributed by atoms with E-state index in [2.05, 4.69) is 15.3 Å². The Bertz CT molecular complexity index is 930. The Kier molecular flexibility index (Phi) is 4.82. The van der Waals surface area contributed by atoms with Crippen molar-refractivity contribution < 1.29 is 19.0 Å². The lowest BCUT2D eigenvalue weighted by Crippen LogP contribution is -2.28. The van der Waals surface area contributed by atoms with E-state index in [1.807, 2.05) is 48.5 Å². The van der Waals surface area contributed by atoms with Crippen molar-refractivity contribution >= 4 is 6.09 Å². The van der Waals surface area contributed by atoms with Crippen LogP contribution in [0.3, 0.4) is 0 Å². The van der Waals surface area contributed by atoms with Gasteiger partial charge in [0.05, 0.1) is 12.4 Å². The molecular weight excluding hydrogens is 346 g/mol. The van der Waals surface area contributed by atoms with Gasteiger partial charge in [-0.2, -0.15) is 0 Å². The molecule has 1 N–H and O–H groups in total. The van der Waals surface area contributed by atoms with Gasteiger partial charge in [0.1, 0.15) is 0 Å². The first-order valence-corrected chi connectivity index (χ1v) is 8.49. The minimum atomic E-state index is -0.549. The number of ether oxygens (including phenoxy) is 3. The molecule has 1 aromatic heterocycles. The van der Waals surface area contributed by atoms with E-state index in [0.29, 0.717) is 18.8 Å². The third kappa shape index (κ3) is 4.14. The van der Waals surface area contributed by atoms with Crippen LogP contribution in [0.15, 0.2) is 60.9 Å². The van der Waals surface area contributed by atoms with Gasteiger partial charge in [-0.1, -0.05) is 36.4 Å². The summed E-state index contributed by atoms with van der Waals surface area (Å²) in [6.45, 7) is 0.677. The van der Waals surface area contributed by atoms with Crippen LogP contribution in [-0.4, -0.2) is 29.4 Å². The van der Waals surface area contributed by atoms with Gasteiger partial charge in [0.2, 0.25) is 6.79 Å². The first-order valence-electron chi connectivity index (χ1n) is 8.49. The largest absolute Gasteiger partial charge is 0.454 e. The SMILES string of the molecule is O=C(NCCc1ccc2c(c1)OCO2)Oc1cnc(-c2ccccc2)nc1. The van der Waals surface area contributed by atoms with Crippen LogP contribution in [0.4, 0.5) is 4.79 Å². The lowest BCUT2D eigenvalue weighted by atomic mass is 10.1. The highest BCUT2D eigenvalue weighted by molar-refractivity contribution is 5.70. The zero-order valence-corrected chi connectivity index (χ0v) is 14.4. The number of fused-ring (bicyclic) bond motifs is 1. The molecule has 7 heteroatoms. The number of hydrogen-bond donors (Lipinski definition) is 1. The number of carbonyl (C=O) groups is 1. The minimum Gasteiger partial charge on any atom is -0.454 e. The molecule has 2 heterocycles. The van der Waals surface area contributed by atoms with Crippen molar-refractivity contribution in [2.24, 2.45) is 0 Å². The van der Waals surface area contributed by atoms with Gasteiger partial charge in [-0.05, 0) is 24.1 Å². The summed E-state index contributed by atoms with van der Waals surface area (Å²) in [5.74, 6) is 2.33. The van der Waals surface area contributed by atoms with E-state index in [9.17, 15) is 4.79 Å². The molecule has 0 atom stereocenters. The molecule has 0 fully saturated rings. The number of aromatic nitrogens is 2. The van der Waals surface area contributed by atoms with Crippen LogP contribution in [0.5, 0.6) is 17.2 Å². The Labute approximate surface area is 155 Å². The maximum atomic E-state index is 11.9. The molecule has 0 radical (unpaired) electrons. The van der Waals surface area contributed by atoms with E-state index in [1.165, 1.54) is 12.4 Å². The molecule has 1 aliphatic heterocycles. The van der Waals surface area contributed by atoms with Gasteiger partial charge in [0.25, 0.3) is 0 Å². The number of rotatable bonds is 5. The smallest absolute Gasteiger partial charge is 0.412 e. The van der Waals surface area contributed by atoms with E-state index in [4.69, 9.17) is 14.2 Å². The van der Waals surface area contributed by atoms with E-state index < -0.39 is 6.09 Å². The first-order chi connectivity index (χ1) is 13.3. The molecule has 7 nitrogen and oxygen atoms in total. The molecular formula is C20H17N3O4. The quantitative estimate of drug-likeness (QED) is 0.750. The molecule has 136 valence electrons. The van der Waals surface area contributed by atoms with Crippen molar-refractivity contribution in [3.05, 3.63) is 66.5 Å². The number of amides is 1. The van der Waals surface area contributed by atoms with Crippen molar-refractivity contribution in [3.63, 3.8) is 0 Å². The van der Waals surface area contributed by atoms with Gasteiger partial charge in [0.15, 0.2) is 23.1 Å². The lowest BCUT2D eigenvalue weighted by Gasteiger charge is -2.07. The van der Waals surface area contributed by atoms with Gasteiger partial charge in [0, 0.05) is 12.1 Å². The second kappa shape index (κ2) is 7.74. The van der Waals surface area contributed by atoms with Crippen molar-refractivity contribution in [1.29, 1.82) is 0 Å². The molecule has 1 aliphatic rings. The summed E-state index contributed by atoms with van der Waals surface area (Å²) < 4.78 is 15.8. The molecule has 4 rings (SSSR count). The average Bonchev–Trinajstić information content (AvgIpc) is 3.17. The number of nitrogens with one attached hydrogen (secondary N) is 1. The number of benzene rings is 2. The fourth-order valence-electron chi connectivity index (χ4n) is 2.65. The van der Waals surface area contributed by atoms with Crippen LogP contribution in [0, 0.1) is 0 Å². The predicted octanol–water partition coefficient (Wildman–Crippen LogP) is 3.20. The molecule has 0 bridgehead atoms. The first kappa shape index (κ1) is 16.8. The maximum Gasteiger partial charge on any atom is 0.412 e. The Morgan fingerprint density at radius 2 is 1.81 bits per heavy atom. The maximum absolute atomic E-state index is 11.9. The van der Waals surface area contributed by atoms with Crippen LogP contribution in [0.25, 0.3) is 11.4 Å². The fourth-order valence-corrected chi connectivity index (χ4v) is 2.65. The molecule has 1 amide bonds. The summed E-state index contributed by atoms with van der Waals surface area (Å²) in [7, 11) is 0. The van der Waals surface area contributed by atoms with Crippen molar-refractivity contribution in [3.8, 4) is 28.6 Å². The van der Waals surface area contributed by atoms with Gasteiger partial charge in [-0.25, -0.2) is 14.8 Å². The summed E-state index contributed by atoms with van der Waals surface area (Å²) in [6, 6.07) is 15.3. The van der Waals surface area contributed by atoms with Crippen LogP contribution >= 0.6 is 0 Å². The monoisotopic (exact) mass is 363 g/mol. The Morgan fingerprint density at radius 3 is 2.63 bits per heavy atom. The summed E-state index contributed by atoms with van der Waals surface area (Å²) in [4.78, 5) is 20.4. The third-order valence-electron chi connectivity index (χ3n) is 3.99. The summed E-state index contributed by atoms with van der Waals surface area (Å²) >= 11 is 0. The number of carbonyl (C=O) groups excluding carboxylic acids is 1. The van der Waals surface area contributed by atoms with Crippen LogP contribution in [0.2, 0.25) is 0 Å².